The van der Waals surface area contributed by atoms with Gasteiger partial charge in [0.1, 0.15) is 12.5 Å². The zero-order valence-electron chi connectivity index (χ0n) is 11.5. The van der Waals surface area contributed by atoms with Crippen molar-refractivity contribution in [3.8, 4) is 0 Å². The van der Waals surface area contributed by atoms with Crippen LogP contribution in [0.1, 0.15) is 38.9 Å². The molecule has 4 nitrogen and oxygen atoms in total. The maximum atomic E-state index is 12.4. The van der Waals surface area contributed by atoms with Crippen molar-refractivity contribution in [2.45, 2.75) is 38.6 Å². The van der Waals surface area contributed by atoms with Crippen LogP contribution in [0.15, 0.2) is 6.07 Å². The highest BCUT2D eigenvalue weighted by atomic mass is 19.1. The molecule has 2 rings (SSSR count). The van der Waals surface area contributed by atoms with Gasteiger partial charge >= 0.3 is 0 Å². The molecule has 1 saturated heterocycles. The first-order valence-electron chi connectivity index (χ1n) is 6.55. The molecule has 1 aromatic heterocycles. The van der Waals surface area contributed by atoms with Crippen LogP contribution in [0.4, 0.5) is 10.2 Å². The summed E-state index contributed by atoms with van der Waals surface area (Å²) in [5.74, 6) is 0.573. The van der Waals surface area contributed by atoms with Crippen LogP contribution in [-0.4, -0.2) is 41.0 Å². The van der Waals surface area contributed by atoms with Gasteiger partial charge in [0.25, 0.3) is 0 Å². The van der Waals surface area contributed by atoms with Crippen molar-refractivity contribution in [1.82, 2.24) is 14.7 Å². The molecule has 1 atom stereocenters. The zero-order valence-corrected chi connectivity index (χ0v) is 11.5. The maximum absolute atomic E-state index is 12.4. The Hall–Kier alpha value is -1.10. The Morgan fingerprint density at radius 3 is 2.83 bits per heavy atom. The molecule has 5 heteroatoms. The lowest BCUT2D eigenvalue weighted by Gasteiger charge is -2.23. The number of halogens is 1. The van der Waals surface area contributed by atoms with Gasteiger partial charge in [-0.3, -0.25) is 9.58 Å². The fourth-order valence-corrected chi connectivity index (χ4v) is 2.59. The summed E-state index contributed by atoms with van der Waals surface area (Å²) >= 11 is 0. The van der Waals surface area contributed by atoms with Crippen molar-refractivity contribution < 1.29 is 4.39 Å². The third-order valence-corrected chi connectivity index (χ3v) is 3.52. The molecule has 0 saturated carbocycles. The van der Waals surface area contributed by atoms with E-state index in [9.17, 15) is 4.39 Å². The molecular weight excluding hydrogens is 231 g/mol. The Bertz CT molecular complexity index is 408. The van der Waals surface area contributed by atoms with E-state index in [1.54, 1.807) is 0 Å². The van der Waals surface area contributed by atoms with Crippen LogP contribution in [0.2, 0.25) is 0 Å². The molecule has 1 aliphatic heterocycles. The molecule has 18 heavy (non-hydrogen) atoms. The second-order valence-corrected chi connectivity index (χ2v) is 6.08. The predicted octanol–water partition coefficient (Wildman–Crippen LogP) is 1.98. The highest BCUT2D eigenvalue weighted by Crippen LogP contribution is 2.30. The van der Waals surface area contributed by atoms with E-state index in [4.69, 9.17) is 5.73 Å². The lowest BCUT2D eigenvalue weighted by molar-refractivity contribution is 0.282. The number of nitrogens with zero attached hydrogens (tertiary/aromatic N) is 3. The molecule has 2 heterocycles. The van der Waals surface area contributed by atoms with E-state index < -0.39 is 0 Å². The first kappa shape index (κ1) is 13.3. The summed E-state index contributed by atoms with van der Waals surface area (Å²) in [6, 6.07) is 2.28. The number of likely N-dealkylation sites (tertiary alicyclic amines) is 1. The monoisotopic (exact) mass is 254 g/mol. The van der Waals surface area contributed by atoms with Crippen molar-refractivity contribution in [1.29, 1.82) is 0 Å². The molecule has 1 aliphatic rings. The van der Waals surface area contributed by atoms with E-state index in [0.717, 1.165) is 25.2 Å². The van der Waals surface area contributed by atoms with Crippen molar-refractivity contribution in [2.24, 2.45) is 0 Å². The number of nitrogens with two attached hydrogens (primary N) is 1. The van der Waals surface area contributed by atoms with Crippen molar-refractivity contribution >= 4 is 5.82 Å². The van der Waals surface area contributed by atoms with Gasteiger partial charge in [-0.15, -0.1) is 0 Å². The third-order valence-electron chi connectivity index (χ3n) is 3.52. The van der Waals surface area contributed by atoms with Crippen molar-refractivity contribution in [2.75, 3.05) is 32.0 Å². The number of anilines is 1. The Kier molecular flexibility index (Phi) is 3.61. The summed E-state index contributed by atoms with van der Waals surface area (Å²) in [6.07, 6.45) is 1.02. The van der Waals surface area contributed by atoms with Crippen LogP contribution in [0, 0.1) is 0 Å². The van der Waals surface area contributed by atoms with Gasteiger partial charge in [0.05, 0.1) is 6.04 Å². The first-order valence-corrected chi connectivity index (χ1v) is 6.55. The average Bonchev–Trinajstić information content (AvgIpc) is 2.84. The summed E-state index contributed by atoms with van der Waals surface area (Å²) < 4.78 is 14.4. The van der Waals surface area contributed by atoms with Crippen LogP contribution in [0.5, 0.6) is 0 Å². The molecule has 0 aromatic carbocycles. The van der Waals surface area contributed by atoms with Gasteiger partial charge in [-0.05, 0) is 6.42 Å². The SMILES string of the molecule is CC(C)(C)c1cc(N)nn1C1CCN(CCF)C1. The summed E-state index contributed by atoms with van der Waals surface area (Å²) in [6.45, 7) is 8.54. The largest absolute Gasteiger partial charge is 0.382 e. The van der Waals surface area contributed by atoms with E-state index in [0.29, 0.717) is 18.4 Å². The quantitative estimate of drug-likeness (QED) is 0.897. The zero-order chi connectivity index (χ0) is 13.3. The van der Waals surface area contributed by atoms with Crippen molar-refractivity contribution in [3.05, 3.63) is 11.8 Å². The fourth-order valence-electron chi connectivity index (χ4n) is 2.59. The second-order valence-electron chi connectivity index (χ2n) is 6.08. The highest BCUT2D eigenvalue weighted by Gasteiger charge is 2.29. The molecule has 0 aliphatic carbocycles. The number of hydrogen-bond donors (Lipinski definition) is 1. The number of nitrogen functional groups attached to an aromatic ring is 1. The number of aromatic nitrogens is 2. The highest BCUT2D eigenvalue weighted by molar-refractivity contribution is 5.33. The van der Waals surface area contributed by atoms with E-state index in [-0.39, 0.29) is 12.1 Å². The van der Waals surface area contributed by atoms with Gasteiger partial charge in [0, 0.05) is 36.8 Å². The molecule has 1 aromatic rings. The Morgan fingerprint density at radius 2 is 2.22 bits per heavy atom. The smallest absolute Gasteiger partial charge is 0.145 e. The van der Waals surface area contributed by atoms with Crippen LogP contribution in [-0.2, 0) is 5.41 Å². The number of rotatable bonds is 3. The fraction of sp³-hybridized carbons (Fsp3) is 0.769. The maximum Gasteiger partial charge on any atom is 0.145 e. The molecule has 0 radical (unpaired) electrons. The van der Waals surface area contributed by atoms with Gasteiger partial charge in [-0.1, -0.05) is 20.8 Å². The Morgan fingerprint density at radius 1 is 1.50 bits per heavy atom. The van der Waals surface area contributed by atoms with E-state index in [2.05, 4.69) is 30.8 Å². The van der Waals surface area contributed by atoms with E-state index in [1.165, 1.54) is 0 Å². The molecule has 0 spiro atoms. The molecular formula is C13H23FN4. The molecule has 0 bridgehead atoms. The lowest BCUT2D eigenvalue weighted by atomic mass is 9.91. The molecule has 102 valence electrons. The number of hydrogen-bond acceptors (Lipinski definition) is 3. The van der Waals surface area contributed by atoms with Crippen LogP contribution < -0.4 is 5.73 Å². The minimum atomic E-state index is -0.278. The van der Waals surface area contributed by atoms with Gasteiger partial charge in [-0.2, -0.15) is 5.10 Å². The van der Waals surface area contributed by atoms with E-state index in [1.807, 2.05) is 10.7 Å². The van der Waals surface area contributed by atoms with Crippen LogP contribution in [0.3, 0.4) is 0 Å². The van der Waals surface area contributed by atoms with Gasteiger partial charge in [0.15, 0.2) is 0 Å². The van der Waals surface area contributed by atoms with Gasteiger partial charge < -0.3 is 5.73 Å². The number of alkyl halides is 1. The summed E-state index contributed by atoms with van der Waals surface area (Å²) in [4.78, 5) is 2.15. The summed E-state index contributed by atoms with van der Waals surface area (Å²) in [5, 5.41) is 4.43. The average molecular weight is 254 g/mol. The van der Waals surface area contributed by atoms with Crippen LogP contribution in [0.25, 0.3) is 0 Å². The molecule has 0 amide bonds. The van der Waals surface area contributed by atoms with Crippen LogP contribution >= 0.6 is 0 Å². The molecule has 1 unspecified atom stereocenters. The second kappa shape index (κ2) is 4.88. The minimum absolute atomic E-state index is 0.0259. The first-order chi connectivity index (χ1) is 8.41. The molecule has 2 N–H and O–H groups in total. The van der Waals surface area contributed by atoms with E-state index >= 15 is 0 Å². The topological polar surface area (TPSA) is 47.1 Å². The lowest BCUT2D eigenvalue weighted by Crippen LogP contribution is -2.26. The molecule has 1 fully saturated rings. The summed E-state index contributed by atoms with van der Waals surface area (Å²) in [5.41, 5.74) is 7.02. The third kappa shape index (κ3) is 2.66. The minimum Gasteiger partial charge on any atom is -0.382 e. The normalized spacial score (nSPS) is 21.7. The Labute approximate surface area is 108 Å². The van der Waals surface area contributed by atoms with Crippen molar-refractivity contribution in [3.63, 3.8) is 0 Å². The van der Waals surface area contributed by atoms with Gasteiger partial charge in [0.2, 0.25) is 0 Å². The van der Waals surface area contributed by atoms with Gasteiger partial charge in [-0.25, -0.2) is 4.39 Å². The standard InChI is InChI=1S/C13H23FN4/c1-13(2,3)11-8-12(15)16-18(11)10-4-6-17(9-10)7-5-14/h8,10H,4-7,9H2,1-3H3,(H2,15,16). The predicted molar refractivity (Wildman–Crippen MR) is 71.4 cm³/mol. The summed E-state index contributed by atoms with van der Waals surface area (Å²) in [7, 11) is 0. The Balaban J connectivity index is 2.19.